The van der Waals surface area contributed by atoms with E-state index in [-0.39, 0.29) is 6.04 Å². The molecule has 0 bridgehead atoms. The molecule has 3 aromatic heterocycles. The van der Waals surface area contributed by atoms with E-state index in [4.69, 9.17) is 10.3 Å². The van der Waals surface area contributed by atoms with Crippen LogP contribution in [-0.4, -0.2) is 25.8 Å². The minimum atomic E-state index is 0.0642. The number of nitrogens with two attached hydrogens (primary N) is 1. The molecule has 2 N–H and O–H groups in total. The lowest BCUT2D eigenvalue weighted by molar-refractivity contribution is 0.419. The Bertz CT molecular complexity index is 687. The molecular formula is C13H15N5O. The lowest BCUT2D eigenvalue weighted by atomic mass is 10.2. The van der Waals surface area contributed by atoms with Crippen LogP contribution in [0.5, 0.6) is 0 Å². The fraction of sp³-hybridized carbons (Fsp3) is 0.308. The van der Waals surface area contributed by atoms with Gasteiger partial charge in [-0.05, 0) is 18.6 Å². The lowest BCUT2D eigenvalue weighted by Gasteiger charge is -2.02. The zero-order valence-corrected chi connectivity index (χ0v) is 10.7. The van der Waals surface area contributed by atoms with Crippen molar-refractivity contribution in [2.75, 3.05) is 0 Å². The minimum Gasteiger partial charge on any atom is -0.334 e. The van der Waals surface area contributed by atoms with E-state index in [1.807, 2.05) is 31.3 Å². The molecule has 0 aliphatic heterocycles. The normalized spacial score (nSPS) is 12.9. The van der Waals surface area contributed by atoms with Crippen molar-refractivity contribution in [2.45, 2.75) is 25.8 Å². The Kier molecular flexibility index (Phi) is 3.00. The molecule has 0 aliphatic rings. The summed E-state index contributed by atoms with van der Waals surface area (Å²) in [4.78, 5) is 4.38. The number of hydrogen-bond donors (Lipinski definition) is 1. The van der Waals surface area contributed by atoms with Crippen LogP contribution >= 0.6 is 0 Å². The molecule has 1 unspecified atom stereocenters. The highest BCUT2D eigenvalue weighted by Crippen LogP contribution is 2.22. The number of pyridine rings is 1. The van der Waals surface area contributed by atoms with Crippen LogP contribution in [0, 0.1) is 0 Å². The van der Waals surface area contributed by atoms with E-state index in [1.54, 1.807) is 10.7 Å². The van der Waals surface area contributed by atoms with Crippen molar-refractivity contribution in [3.63, 3.8) is 0 Å². The summed E-state index contributed by atoms with van der Waals surface area (Å²) in [5.41, 5.74) is 7.66. The molecule has 0 fully saturated rings. The summed E-state index contributed by atoms with van der Waals surface area (Å²) >= 11 is 0. The molecule has 3 aromatic rings. The van der Waals surface area contributed by atoms with E-state index in [2.05, 4.69) is 15.2 Å². The lowest BCUT2D eigenvalue weighted by Crippen LogP contribution is -2.21. The van der Waals surface area contributed by atoms with Crippen LogP contribution < -0.4 is 5.73 Å². The number of fused-ring (bicyclic) bond motifs is 1. The second-order valence-corrected chi connectivity index (χ2v) is 4.48. The molecule has 0 saturated heterocycles. The molecule has 98 valence electrons. The fourth-order valence-electron chi connectivity index (χ4n) is 1.92. The first kappa shape index (κ1) is 11.9. The van der Waals surface area contributed by atoms with Gasteiger partial charge in [-0.3, -0.25) is 0 Å². The van der Waals surface area contributed by atoms with Gasteiger partial charge in [0.2, 0.25) is 0 Å². The zero-order chi connectivity index (χ0) is 13.2. The van der Waals surface area contributed by atoms with E-state index in [9.17, 15) is 0 Å². The third-order valence-corrected chi connectivity index (χ3v) is 3.09. The van der Waals surface area contributed by atoms with Crippen molar-refractivity contribution in [2.24, 2.45) is 5.73 Å². The zero-order valence-electron chi connectivity index (χ0n) is 10.7. The Morgan fingerprint density at radius 3 is 3.16 bits per heavy atom. The molecular weight excluding hydrogens is 242 g/mol. The van der Waals surface area contributed by atoms with Crippen molar-refractivity contribution >= 4 is 5.52 Å². The van der Waals surface area contributed by atoms with Crippen LogP contribution in [0.2, 0.25) is 0 Å². The summed E-state index contributed by atoms with van der Waals surface area (Å²) in [7, 11) is 0. The number of aromatic nitrogens is 4. The van der Waals surface area contributed by atoms with Crippen molar-refractivity contribution in [1.82, 2.24) is 19.8 Å². The van der Waals surface area contributed by atoms with Gasteiger partial charge in [0.15, 0.2) is 5.82 Å². The first-order valence-corrected chi connectivity index (χ1v) is 6.29. The molecule has 1 atom stereocenters. The molecule has 3 heterocycles. The summed E-state index contributed by atoms with van der Waals surface area (Å²) in [5.74, 6) is 1.12. The number of hydrogen-bond acceptors (Lipinski definition) is 5. The van der Waals surface area contributed by atoms with Gasteiger partial charge in [-0.15, -0.1) is 0 Å². The van der Waals surface area contributed by atoms with E-state index in [0.29, 0.717) is 18.1 Å². The fourth-order valence-corrected chi connectivity index (χ4v) is 1.92. The molecule has 0 radical (unpaired) electrons. The van der Waals surface area contributed by atoms with Crippen molar-refractivity contribution in [3.05, 3.63) is 36.4 Å². The van der Waals surface area contributed by atoms with Crippen LogP contribution in [0.4, 0.5) is 0 Å². The van der Waals surface area contributed by atoms with Crippen LogP contribution in [0.25, 0.3) is 17.0 Å². The highest BCUT2D eigenvalue weighted by Gasteiger charge is 2.14. The topological polar surface area (TPSA) is 82.2 Å². The largest absolute Gasteiger partial charge is 0.334 e. The SMILES string of the molecule is CCC(N)Cc1noc(-c2cnn3ccccc23)n1. The average Bonchev–Trinajstić information content (AvgIpc) is 3.04. The second-order valence-electron chi connectivity index (χ2n) is 4.48. The first-order chi connectivity index (χ1) is 9.28. The average molecular weight is 257 g/mol. The van der Waals surface area contributed by atoms with Gasteiger partial charge < -0.3 is 10.3 Å². The van der Waals surface area contributed by atoms with E-state index in [0.717, 1.165) is 17.5 Å². The Morgan fingerprint density at radius 2 is 2.32 bits per heavy atom. The third-order valence-electron chi connectivity index (χ3n) is 3.09. The molecule has 6 nitrogen and oxygen atoms in total. The summed E-state index contributed by atoms with van der Waals surface area (Å²) in [5, 5.41) is 8.21. The van der Waals surface area contributed by atoms with Crippen LogP contribution in [0.3, 0.4) is 0 Å². The molecule has 0 aromatic carbocycles. The quantitative estimate of drug-likeness (QED) is 0.768. The molecule has 0 spiro atoms. The Morgan fingerprint density at radius 1 is 1.42 bits per heavy atom. The molecule has 0 amide bonds. The van der Waals surface area contributed by atoms with Crippen LogP contribution in [-0.2, 0) is 6.42 Å². The maximum absolute atomic E-state index is 5.89. The summed E-state index contributed by atoms with van der Waals surface area (Å²) in [6.07, 6.45) is 5.12. The smallest absolute Gasteiger partial charge is 0.261 e. The molecule has 6 heteroatoms. The van der Waals surface area contributed by atoms with Gasteiger partial charge in [-0.2, -0.15) is 10.1 Å². The highest BCUT2D eigenvalue weighted by atomic mass is 16.5. The monoisotopic (exact) mass is 257 g/mol. The van der Waals surface area contributed by atoms with Gasteiger partial charge in [-0.25, -0.2) is 4.52 Å². The Labute approximate surface area is 110 Å². The number of nitrogens with zero attached hydrogens (tertiary/aromatic N) is 4. The maximum Gasteiger partial charge on any atom is 0.261 e. The third kappa shape index (κ3) is 2.22. The Balaban J connectivity index is 1.94. The standard InChI is InChI=1S/C13H15N5O/c1-2-9(14)7-12-16-13(19-17-12)10-8-15-18-6-4-3-5-11(10)18/h3-6,8-9H,2,7,14H2,1H3. The predicted octanol–water partition coefficient (Wildman–Crippen LogP) is 1.66. The van der Waals surface area contributed by atoms with Crippen molar-refractivity contribution < 1.29 is 4.52 Å². The predicted molar refractivity (Wildman–Crippen MR) is 70.5 cm³/mol. The van der Waals surface area contributed by atoms with Crippen molar-refractivity contribution in [1.29, 1.82) is 0 Å². The van der Waals surface area contributed by atoms with E-state index < -0.39 is 0 Å². The van der Waals surface area contributed by atoms with Gasteiger partial charge in [0.1, 0.15) is 0 Å². The van der Waals surface area contributed by atoms with E-state index >= 15 is 0 Å². The Hall–Kier alpha value is -2.21. The maximum atomic E-state index is 5.89. The summed E-state index contributed by atoms with van der Waals surface area (Å²) in [6, 6.07) is 5.90. The van der Waals surface area contributed by atoms with Gasteiger partial charge in [0.05, 0.1) is 17.3 Å². The molecule has 0 aliphatic carbocycles. The summed E-state index contributed by atoms with van der Waals surface area (Å²) in [6.45, 7) is 2.04. The van der Waals surface area contributed by atoms with E-state index in [1.165, 1.54) is 0 Å². The minimum absolute atomic E-state index is 0.0642. The van der Waals surface area contributed by atoms with Gasteiger partial charge in [0, 0.05) is 18.7 Å². The summed E-state index contributed by atoms with van der Waals surface area (Å²) < 4.78 is 7.07. The van der Waals surface area contributed by atoms with Gasteiger partial charge >= 0.3 is 0 Å². The van der Waals surface area contributed by atoms with Crippen molar-refractivity contribution in [3.8, 4) is 11.5 Å². The highest BCUT2D eigenvalue weighted by molar-refractivity contribution is 5.74. The second kappa shape index (κ2) is 4.81. The molecule has 19 heavy (non-hydrogen) atoms. The molecule has 0 saturated carbocycles. The first-order valence-electron chi connectivity index (χ1n) is 6.29. The van der Waals surface area contributed by atoms with Crippen LogP contribution in [0.15, 0.2) is 35.1 Å². The number of rotatable bonds is 4. The van der Waals surface area contributed by atoms with Gasteiger partial charge in [0.25, 0.3) is 5.89 Å². The molecule has 3 rings (SSSR count). The van der Waals surface area contributed by atoms with Crippen LogP contribution in [0.1, 0.15) is 19.2 Å². The van der Waals surface area contributed by atoms with Gasteiger partial charge in [-0.1, -0.05) is 18.1 Å².